The zero-order valence-electron chi connectivity index (χ0n) is 13.4. The third kappa shape index (κ3) is 2.87. The maximum Gasteiger partial charge on any atom is 0.153 e. The second-order valence-corrected chi connectivity index (χ2v) is 6.66. The lowest BCUT2D eigenvalue weighted by molar-refractivity contribution is 0.215. The Morgan fingerprint density at radius 2 is 1.83 bits per heavy atom. The fourth-order valence-corrected chi connectivity index (χ4v) is 3.29. The summed E-state index contributed by atoms with van der Waals surface area (Å²) in [6, 6.07) is 13.1. The average Bonchev–Trinajstić information content (AvgIpc) is 2.78. The summed E-state index contributed by atoms with van der Waals surface area (Å²) in [6.45, 7) is 3.75. The molecule has 0 aromatic heterocycles. The molecule has 1 fully saturated rings. The smallest absolute Gasteiger partial charge is 0.153 e. The molecule has 2 aliphatic rings. The summed E-state index contributed by atoms with van der Waals surface area (Å²) in [5.74, 6) is 2.30. The van der Waals surface area contributed by atoms with Gasteiger partial charge >= 0.3 is 0 Å². The van der Waals surface area contributed by atoms with E-state index in [1.54, 1.807) is 6.07 Å². The van der Waals surface area contributed by atoms with E-state index < -0.39 is 0 Å². The van der Waals surface area contributed by atoms with Gasteiger partial charge in [0, 0.05) is 31.1 Å². The van der Waals surface area contributed by atoms with Crippen LogP contribution in [0, 0.1) is 0 Å². The Morgan fingerprint density at radius 3 is 2.62 bits per heavy atom. The molecule has 0 saturated carbocycles. The molecule has 1 saturated heterocycles. The zero-order chi connectivity index (χ0) is 16.5. The second-order valence-electron chi connectivity index (χ2n) is 6.03. The van der Waals surface area contributed by atoms with Crippen molar-refractivity contribution in [3.63, 3.8) is 0 Å². The Bertz CT molecular complexity index is 788. The lowest BCUT2D eigenvalue weighted by Gasteiger charge is -2.34. The first-order chi connectivity index (χ1) is 11.7. The quantitative estimate of drug-likeness (QED) is 0.779. The van der Waals surface area contributed by atoms with E-state index in [2.05, 4.69) is 16.8 Å². The Hall–Kier alpha value is -2.05. The summed E-state index contributed by atoms with van der Waals surface area (Å²) in [5, 5.41) is 0. The van der Waals surface area contributed by atoms with Crippen LogP contribution in [0.5, 0.6) is 11.5 Å². The number of amidine groups is 1. The number of rotatable bonds is 1. The molecule has 0 spiro atoms. The number of hydrogen-bond acceptors (Lipinski definition) is 5. The standard InChI is InChI=1S/C18H18FN3OS/c1-21-8-10-22(11-9-21)18-14-12-13(24-19)6-7-16(14)23-17-5-3-2-4-15(17)20-18/h2-7,12H,8-11H2,1H3. The Labute approximate surface area is 145 Å². The average molecular weight is 343 g/mol. The first-order valence-corrected chi connectivity index (χ1v) is 8.68. The van der Waals surface area contributed by atoms with Gasteiger partial charge in [-0.2, -0.15) is 3.89 Å². The van der Waals surface area contributed by atoms with Crippen molar-refractivity contribution in [2.45, 2.75) is 4.90 Å². The van der Waals surface area contributed by atoms with Crippen LogP contribution in [0.1, 0.15) is 5.56 Å². The highest BCUT2D eigenvalue weighted by Crippen LogP contribution is 2.39. The summed E-state index contributed by atoms with van der Waals surface area (Å²) in [5.41, 5.74) is 1.65. The van der Waals surface area contributed by atoms with Crippen molar-refractivity contribution in [2.24, 2.45) is 4.99 Å². The molecule has 4 nitrogen and oxygen atoms in total. The maximum absolute atomic E-state index is 13.1. The molecule has 124 valence electrons. The molecule has 2 aromatic carbocycles. The van der Waals surface area contributed by atoms with Crippen LogP contribution in [-0.2, 0) is 0 Å². The number of fused-ring (bicyclic) bond motifs is 2. The van der Waals surface area contributed by atoms with E-state index in [1.807, 2.05) is 36.4 Å². The van der Waals surface area contributed by atoms with Gasteiger partial charge in [0.05, 0.1) is 17.7 Å². The molecule has 0 N–H and O–H groups in total. The summed E-state index contributed by atoms with van der Waals surface area (Å²) >= 11 is 0.244. The predicted molar refractivity (Wildman–Crippen MR) is 95.2 cm³/mol. The van der Waals surface area contributed by atoms with Crippen LogP contribution in [0.2, 0.25) is 0 Å². The predicted octanol–water partition coefficient (Wildman–Crippen LogP) is 4.09. The van der Waals surface area contributed by atoms with Gasteiger partial charge in [-0.25, -0.2) is 4.99 Å². The lowest BCUT2D eigenvalue weighted by Crippen LogP contribution is -2.47. The molecule has 6 heteroatoms. The number of aliphatic imine (C=N–C) groups is 1. The van der Waals surface area contributed by atoms with Gasteiger partial charge in [0.1, 0.15) is 17.3 Å². The largest absolute Gasteiger partial charge is 0.454 e. The summed E-state index contributed by atoms with van der Waals surface area (Å²) in [6.07, 6.45) is 0. The van der Waals surface area contributed by atoms with E-state index in [1.165, 1.54) is 0 Å². The van der Waals surface area contributed by atoms with E-state index in [9.17, 15) is 3.89 Å². The number of likely N-dealkylation sites (N-methyl/N-ethyl adjacent to an activating group) is 1. The van der Waals surface area contributed by atoms with Crippen molar-refractivity contribution in [1.82, 2.24) is 9.80 Å². The number of para-hydroxylation sites is 2. The highest BCUT2D eigenvalue weighted by molar-refractivity contribution is 7.94. The fraction of sp³-hybridized carbons (Fsp3) is 0.278. The van der Waals surface area contributed by atoms with Crippen molar-refractivity contribution in [2.75, 3.05) is 33.2 Å². The number of ether oxygens (including phenoxy) is 1. The highest BCUT2D eigenvalue weighted by atomic mass is 32.2. The minimum atomic E-state index is 0.244. The van der Waals surface area contributed by atoms with E-state index in [0.717, 1.165) is 54.8 Å². The van der Waals surface area contributed by atoms with Crippen LogP contribution in [0.25, 0.3) is 0 Å². The minimum absolute atomic E-state index is 0.244. The third-order valence-electron chi connectivity index (χ3n) is 4.40. The number of nitrogens with zero attached hydrogens (tertiary/aromatic N) is 3. The minimum Gasteiger partial charge on any atom is -0.454 e. The SMILES string of the molecule is CN1CCN(C2=Nc3ccccc3Oc3ccc(SF)cc32)CC1. The van der Waals surface area contributed by atoms with Crippen LogP contribution in [0.15, 0.2) is 52.4 Å². The second kappa shape index (κ2) is 6.45. The lowest BCUT2D eigenvalue weighted by atomic mass is 10.1. The molecule has 0 radical (unpaired) electrons. The summed E-state index contributed by atoms with van der Waals surface area (Å²) < 4.78 is 19.2. The molecular formula is C18H18FN3OS. The van der Waals surface area contributed by atoms with Crippen molar-refractivity contribution in [3.8, 4) is 11.5 Å². The molecule has 0 atom stereocenters. The zero-order valence-corrected chi connectivity index (χ0v) is 14.2. The van der Waals surface area contributed by atoms with E-state index in [4.69, 9.17) is 9.73 Å². The van der Waals surface area contributed by atoms with Crippen LogP contribution >= 0.6 is 12.1 Å². The Kier molecular flexibility index (Phi) is 4.16. The molecule has 0 unspecified atom stereocenters. The molecule has 0 bridgehead atoms. The van der Waals surface area contributed by atoms with Crippen LogP contribution in [0.4, 0.5) is 9.57 Å². The number of benzene rings is 2. The normalized spacial score (nSPS) is 17.4. The number of hydrogen-bond donors (Lipinski definition) is 0. The van der Waals surface area contributed by atoms with Gasteiger partial charge in [-0.3, -0.25) is 0 Å². The molecule has 24 heavy (non-hydrogen) atoms. The fourth-order valence-electron chi connectivity index (χ4n) is 3.01. The molecule has 2 aromatic rings. The molecular weight excluding hydrogens is 325 g/mol. The van der Waals surface area contributed by atoms with Gasteiger partial charge in [0.25, 0.3) is 0 Å². The number of halogens is 1. The Balaban J connectivity index is 1.83. The van der Waals surface area contributed by atoms with Gasteiger partial charge < -0.3 is 14.5 Å². The van der Waals surface area contributed by atoms with Crippen molar-refractivity contribution in [3.05, 3.63) is 48.0 Å². The Morgan fingerprint density at radius 1 is 1.04 bits per heavy atom. The van der Waals surface area contributed by atoms with Gasteiger partial charge in [0.15, 0.2) is 5.75 Å². The van der Waals surface area contributed by atoms with Crippen molar-refractivity contribution in [1.29, 1.82) is 0 Å². The first-order valence-electron chi connectivity index (χ1n) is 7.97. The molecule has 2 aliphatic heterocycles. The summed E-state index contributed by atoms with van der Waals surface area (Å²) in [4.78, 5) is 9.99. The van der Waals surface area contributed by atoms with Gasteiger partial charge in [-0.05, 0) is 37.4 Å². The topological polar surface area (TPSA) is 28.1 Å². The maximum atomic E-state index is 13.1. The first kappa shape index (κ1) is 15.5. The van der Waals surface area contributed by atoms with Gasteiger partial charge in [-0.1, -0.05) is 12.1 Å². The molecule has 4 rings (SSSR count). The van der Waals surface area contributed by atoms with Crippen molar-refractivity contribution < 1.29 is 8.62 Å². The van der Waals surface area contributed by atoms with Crippen LogP contribution in [0.3, 0.4) is 0 Å². The molecule has 0 amide bonds. The summed E-state index contributed by atoms with van der Waals surface area (Å²) in [7, 11) is 2.12. The van der Waals surface area contributed by atoms with E-state index in [0.29, 0.717) is 4.90 Å². The van der Waals surface area contributed by atoms with E-state index in [-0.39, 0.29) is 12.1 Å². The third-order valence-corrected chi connectivity index (χ3v) is 4.83. The highest BCUT2D eigenvalue weighted by Gasteiger charge is 2.25. The van der Waals surface area contributed by atoms with Crippen LogP contribution in [-0.4, -0.2) is 48.9 Å². The molecule has 0 aliphatic carbocycles. The monoisotopic (exact) mass is 343 g/mol. The van der Waals surface area contributed by atoms with E-state index >= 15 is 0 Å². The molecule has 2 heterocycles. The number of piperazine rings is 1. The van der Waals surface area contributed by atoms with Crippen LogP contribution < -0.4 is 4.74 Å². The van der Waals surface area contributed by atoms with Gasteiger partial charge in [-0.15, -0.1) is 0 Å². The van der Waals surface area contributed by atoms with Crippen molar-refractivity contribution >= 4 is 23.7 Å². The van der Waals surface area contributed by atoms with Gasteiger partial charge in [0.2, 0.25) is 0 Å².